The molecule has 0 saturated carbocycles. The van der Waals surface area contributed by atoms with Crippen molar-refractivity contribution in [2.45, 2.75) is 0 Å². The largest absolute Gasteiger partial charge is 0.494 e. The Bertz CT molecular complexity index is 609. The Morgan fingerprint density at radius 1 is 1.44 bits per heavy atom. The van der Waals surface area contributed by atoms with Gasteiger partial charge in [-0.15, -0.1) is 0 Å². The molecule has 6 heteroatoms. The molecular weight excluding hydrogens is 352 g/mol. The van der Waals surface area contributed by atoms with Gasteiger partial charge in [-0.3, -0.25) is 0 Å². The number of carboxylic acids is 1. The van der Waals surface area contributed by atoms with Crippen LogP contribution < -0.4 is 4.74 Å². The van der Waals surface area contributed by atoms with E-state index in [0.717, 1.165) is 3.57 Å². The maximum Gasteiger partial charge on any atom is 0.352 e. The normalized spacial score (nSPS) is 10.4. The van der Waals surface area contributed by atoms with Crippen LogP contribution in [0.3, 0.4) is 0 Å². The number of aromatic nitrogens is 1. The van der Waals surface area contributed by atoms with E-state index in [1.807, 2.05) is 22.6 Å². The number of halogens is 2. The van der Waals surface area contributed by atoms with E-state index < -0.39 is 11.8 Å². The molecule has 1 N–H and O–H groups in total. The van der Waals surface area contributed by atoms with Gasteiger partial charge in [0, 0.05) is 21.5 Å². The summed E-state index contributed by atoms with van der Waals surface area (Å²) in [4.78, 5) is 11.1. The molecule has 18 heavy (non-hydrogen) atoms. The molecule has 0 spiro atoms. The molecule has 0 aliphatic heterocycles. The van der Waals surface area contributed by atoms with Gasteiger partial charge < -0.3 is 14.4 Å². The fraction of sp³-hybridized carbons (Fsp3) is 0.0833. The Morgan fingerprint density at radius 2 is 2.17 bits per heavy atom. The molecule has 0 saturated heterocycles. The van der Waals surface area contributed by atoms with Crippen LogP contribution in [0.1, 0.15) is 10.5 Å². The highest BCUT2D eigenvalue weighted by Crippen LogP contribution is 2.23. The molecule has 0 unspecified atom stereocenters. The number of aromatic carboxylic acids is 1. The van der Waals surface area contributed by atoms with Crippen LogP contribution in [0.25, 0.3) is 5.69 Å². The third-order valence-corrected chi connectivity index (χ3v) is 3.01. The summed E-state index contributed by atoms with van der Waals surface area (Å²) in [5, 5.41) is 9.07. The van der Waals surface area contributed by atoms with Crippen LogP contribution >= 0.6 is 22.6 Å². The predicted octanol–water partition coefficient (Wildman–Crippen LogP) is 2.93. The van der Waals surface area contributed by atoms with Crippen LogP contribution in [-0.4, -0.2) is 22.8 Å². The number of nitrogens with zero attached hydrogens (tertiary/aromatic N) is 1. The highest BCUT2D eigenvalue weighted by molar-refractivity contribution is 14.1. The summed E-state index contributed by atoms with van der Waals surface area (Å²) in [6.45, 7) is 0. The van der Waals surface area contributed by atoms with Gasteiger partial charge in [0.05, 0.1) is 7.11 Å². The van der Waals surface area contributed by atoms with Crippen molar-refractivity contribution in [2.75, 3.05) is 7.11 Å². The molecule has 0 bridgehead atoms. The van der Waals surface area contributed by atoms with E-state index in [0.29, 0.717) is 5.69 Å². The van der Waals surface area contributed by atoms with E-state index >= 15 is 0 Å². The lowest BCUT2D eigenvalue weighted by molar-refractivity contribution is 0.0688. The van der Waals surface area contributed by atoms with Gasteiger partial charge >= 0.3 is 5.97 Å². The summed E-state index contributed by atoms with van der Waals surface area (Å²) in [5.74, 6) is -1.47. The first-order chi connectivity index (χ1) is 8.52. The van der Waals surface area contributed by atoms with E-state index in [-0.39, 0.29) is 11.4 Å². The number of carbonyl (C=O) groups is 1. The molecule has 0 aliphatic rings. The molecule has 1 aromatic carbocycles. The van der Waals surface area contributed by atoms with E-state index in [1.165, 1.54) is 29.9 Å². The molecule has 1 heterocycles. The number of hydrogen-bond acceptors (Lipinski definition) is 2. The van der Waals surface area contributed by atoms with E-state index in [1.54, 1.807) is 12.3 Å². The third kappa shape index (κ3) is 2.33. The highest BCUT2D eigenvalue weighted by atomic mass is 127. The molecule has 2 rings (SSSR count). The molecule has 94 valence electrons. The molecule has 0 radical (unpaired) electrons. The highest BCUT2D eigenvalue weighted by Gasteiger charge is 2.14. The molecular formula is C12H9FINO3. The van der Waals surface area contributed by atoms with Gasteiger partial charge in [0.1, 0.15) is 5.69 Å². The molecule has 2 aromatic rings. The summed E-state index contributed by atoms with van der Waals surface area (Å²) in [5.41, 5.74) is 0.526. The zero-order valence-electron chi connectivity index (χ0n) is 9.35. The lowest BCUT2D eigenvalue weighted by Crippen LogP contribution is -2.06. The number of benzene rings is 1. The average molecular weight is 361 g/mol. The second-order valence-corrected chi connectivity index (χ2v) is 4.78. The van der Waals surface area contributed by atoms with Crippen molar-refractivity contribution in [1.29, 1.82) is 0 Å². The fourth-order valence-corrected chi connectivity index (χ4v) is 2.19. The van der Waals surface area contributed by atoms with Gasteiger partial charge in [-0.25, -0.2) is 9.18 Å². The van der Waals surface area contributed by atoms with Crippen LogP contribution in [0, 0.1) is 9.39 Å². The molecule has 0 atom stereocenters. The monoisotopic (exact) mass is 361 g/mol. The molecule has 0 aliphatic carbocycles. The van der Waals surface area contributed by atoms with Gasteiger partial charge in [-0.05, 0) is 40.8 Å². The minimum Gasteiger partial charge on any atom is -0.494 e. The number of carboxylic acid groups (broad SMARTS) is 1. The van der Waals surface area contributed by atoms with Gasteiger partial charge in [0.2, 0.25) is 0 Å². The van der Waals surface area contributed by atoms with Gasteiger partial charge in [0.25, 0.3) is 0 Å². The van der Waals surface area contributed by atoms with Gasteiger partial charge in [-0.2, -0.15) is 0 Å². The lowest BCUT2D eigenvalue weighted by atomic mass is 10.2. The van der Waals surface area contributed by atoms with Crippen LogP contribution in [-0.2, 0) is 0 Å². The van der Waals surface area contributed by atoms with E-state index in [2.05, 4.69) is 0 Å². The first-order valence-corrected chi connectivity index (χ1v) is 6.06. The minimum absolute atomic E-state index is 0.0870. The zero-order valence-corrected chi connectivity index (χ0v) is 11.5. The first kappa shape index (κ1) is 12.9. The third-order valence-electron chi connectivity index (χ3n) is 2.42. The Labute approximate surface area is 116 Å². The summed E-state index contributed by atoms with van der Waals surface area (Å²) in [6, 6.07) is 5.82. The molecule has 0 fully saturated rings. The Hall–Kier alpha value is -1.57. The van der Waals surface area contributed by atoms with E-state index in [4.69, 9.17) is 9.84 Å². The van der Waals surface area contributed by atoms with Gasteiger partial charge in [-0.1, -0.05) is 0 Å². The Morgan fingerprint density at radius 3 is 2.72 bits per heavy atom. The second-order valence-electron chi connectivity index (χ2n) is 3.54. The predicted molar refractivity (Wildman–Crippen MR) is 72.0 cm³/mol. The summed E-state index contributed by atoms with van der Waals surface area (Å²) in [6.07, 6.45) is 1.63. The number of methoxy groups -OCH3 is 1. The Balaban J connectivity index is 2.55. The van der Waals surface area contributed by atoms with E-state index in [9.17, 15) is 9.18 Å². The van der Waals surface area contributed by atoms with Crippen LogP contribution in [0.4, 0.5) is 4.39 Å². The van der Waals surface area contributed by atoms with Crippen molar-refractivity contribution >= 4 is 28.6 Å². The average Bonchev–Trinajstić information content (AvgIpc) is 2.71. The minimum atomic E-state index is -1.06. The maximum absolute atomic E-state index is 13.6. The number of rotatable bonds is 3. The summed E-state index contributed by atoms with van der Waals surface area (Å²) in [7, 11) is 1.37. The standard InChI is InChI=1S/C12H9FINO3/c1-18-11-3-2-8(5-9(11)13)15-6-7(14)4-10(15)12(16)17/h2-6H,1H3,(H,16,17). The Kier molecular flexibility index (Phi) is 3.55. The molecule has 0 amide bonds. The van der Waals surface area contributed by atoms with Crippen LogP contribution in [0.5, 0.6) is 5.75 Å². The van der Waals surface area contributed by atoms with Crippen molar-refractivity contribution in [3.63, 3.8) is 0 Å². The number of hydrogen-bond donors (Lipinski definition) is 1. The van der Waals surface area contributed by atoms with Crippen molar-refractivity contribution < 1.29 is 19.0 Å². The van der Waals surface area contributed by atoms with Crippen molar-refractivity contribution in [3.8, 4) is 11.4 Å². The fourth-order valence-electron chi connectivity index (χ4n) is 1.61. The smallest absolute Gasteiger partial charge is 0.352 e. The SMILES string of the molecule is COc1ccc(-n2cc(I)cc2C(=O)O)cc1F. The summed E-state index contributed by atoms with van der Waals surface area (Å²) < 4.78 is 20.6. The maximum atomic E-state index is 13.6. The lowest BCUT2D eigenvalue weighted by Gasteiger charge is -2.08. The number of ether oxygens (including phenoxy) is 1. The molecule has 4 nitrogen and oxygen atoms in total. The quantitative estimate of drug-likeness (QED) is 0.856. The topological polar surface area (TPSA) is 51.5 Å². The van der Waals surface area contributed by atoms with Crippen molar-refractivity contribution in [3.05, 3.63) is 45.5 Å². The molecule has 1 aromatic heterocycles. The van der Waals surface area contributed by atoms with Gasteiger partial charge in [0.15, 0.2) is 11.6 Å². The van der Waals surface area contributed by atoms with Crippen molar-refractivity contribution in [1.82, 2.24) is 4.57 Å². The van der Waals surface area contributed by atoms with Crippen LogP contribution in [0.15, 0.2) is 30.5 Å². The second kappa shape index (κ2) is 4.97. The first-order valence-electron chi connectivity index (χ1n) is 4.98. The van der Waals surface area contributed by atoms with Crippen LogP contribution in [0.2, 0.25) is 0 Å². The zero-order chi connectivity index (χ0) is 13.3. The van der Waals surface area contributed by atoms with Crippen molar-refractivity contribution in [2.24, 2.45) is 0 Å². The summed E-state index contributed by atoms with van der Waals surface area (Å²) >= 11 is 2.01.